The van der Waals surface area contributed by atoms with Gasteiger partial charge in [-0.15, -0.1) is 0 Å². The first-order valence-corrected chi connectivity index (χ1v) is 16.8. The van der Waals surface area contributed by atoms with Gasteiger partial charge in [-0.2, -0.15) is 0 Å². The number of nitrogens with zero attached hydrogens (tertiary/aromatic N) is 2. The van der Waals surface area contributed by atoms with Crippen LogP contribution in [0.5, 0.6) is 5.75 Å². The van der Waals surface area contributed by atoms with E-state index in [-0.39, 0.29) is 29.1 Å². The van der Waals surface area contributed by atoms with Gasteiger partial charge in [0.25, 0.3) is 10.0 Å². The molecule has 0 aliphatic carbocycles. The second-order valence-corrected chi connectivity index (χ2v) is 12.8. The van der Waals surface area contributed by atoms with E-state index in [0.717, 1.165) is 9.87 Å². The molecule has 0 fully saturated rings. The van der Waals surface area contributed by atoms with E-state index in [1.807, 2.05) is 44.2 Å². The first kappa shape index (κ1) is 34.5. The fraction of sp³-hybridized carbons (Fsp3) is 0.257. The van der Waals surface area contributed by atoms with Crippen molar-refractivity contribution in [3.8, 4) is 5.75 Å². The molecule has 11 heteroatoms. The van der Waals surface area contributed by atoms with E-state index in [2.05, 4.69) is 5.32 Å². The Morgan fingerprint density at radius 3 is 2.17 bits per heavy atom. The second-order valence-electron chi connectivity index (χ2n) is 10.5. The second kappa shape index (κ2) is 16.2. The van der Waals surface area contributed by atoms with Crippen LogP contribution in [0.2, 0.25) is 5.02 Å². The van der Waals surface area contributed by atoms with Crippen LogP contribution < -0.4 is 14.4 Å². The number of sulfonamides is 1. The van der Waals surface area contributed by atoms with Gasteiger partial charge in [-0.05, 0) is 73.5 Å². The fourth-order valence-corrected chi connectivity index (χ4v) is 6.41. The van der Waals surface area contributed by atoms with Crippen LogP contribution in [0, 0.1) is 5.82 Å². The lowest BCUT2D eigenvalue weighted by molar-refractivity contribution is -0.140. The molecule has 8 nitrogen and oxygen atoms in total. The Morgan fingerprint density at radius 1 is 0.891 bits per heavy atom. The predicted octanol–water partition coefficient (Wildman–Crippen LogP) is 6.24. The number of amides is 2. The Bertz CT molecular complexity index is 1700. The monoisotopic (exact) mass is 665 g/mol. The Hall–Kier alpha value is -4.41. The van der Waals surface area contributed by atoms with Crippen LogP contribution in [-0.2, 0) is 32.6 Å². The van der Waals surface area contributed by atoms with Crippen molar-refractivity contribution in [1.82, 2.24) is 10.2 Å². The standard InChI is InChI=1S/C35H37ClFN3O5S/c1-3-22-38-35(42)33(23-26-10-6-5-7-11-26)39(24-27-12-8-9-13-32(27)37)34(41)25-40(29-16-18-30(19-17-29)45-4-2)46(43,44)31-20-14-28(36)15-21-31/h5-21,33H,3-4,22-25H2,1-2H3,(H,38,42)/t33-/m0/s1. The van der Waals surface area contributed by atoms with Crippen molar-refractivity contribution in [2.24, 2.45) is 0 Å². The summed E-state index contributed by atoms with van der Waals surface area (Å²) in [7, 11) is -4.31. The molecular weight excluding hydrogens is 629 g/mol. The third-order valence-corrected chi connectivity index (χ3v) is 9.28. The molecule has 0 saturated carbocycles. The third kappa shape index (κ3) is 8.86. The highest BCUT2D eigenvalue weighted by Gasteiger charge is 2.35. The number of benzene rings is 4. The quantitative estimate of drug-likeness (QED) is 0.162. The molecule has 1 N–H and O–H groups in total. The van der Waals surface area contributed by atoms with Crippen LogP contribution in [-0.4, -0.2) is 50.9 Å². The zero-order valence-electron chi connectivity index (χ0n) is 25.7. The van der Waals surface area contributed by atoms with E-state index >= 15 is 4.39 Å². The molecular formula is C35H37ClFN3O5S. The average molecular weight is 666 g/mol. The van der Waals surface area contributed by atoms with Gasteiger partial charge in [0.1, 0.15) is 24.2 Å². The normalized spacial score (nSPS) is 11.8. The number of hydrogen-bond donors (Lipinski definition) is 1. The Kier molecular flexibility index (Phi) is 12.2. The van der Waals surface area contributed by atoms with E-state index in [1.54, 1.807) is 30.3 Å². The van der Waals surface area contributed by atoms with E-state index < -0.39 is 40.2 Å². The highest BCUT2D eigenvalue weighted by atomic mass is 35.5. The van der Waals surface area contributed by atoms with Crippen molar-refractivity contribution in [2.75, 3.05) is 24.0 Å². The minimum Gasteiger partial charge on any atom is -0.494 e. The highest BCUT2D eigenvalue weighted by Crippen LogP contribution is 2.28. The molecule has 46 heavy (non-hydrogen) atoms. The maximum atomic E-state index is 15.0. The van der Waals surface area contributed by atoms with Gasteiger partial charge in [0.2, 0.25) is 11.8 Å². The van der Waals surface area contributed by atoms with Crippen molar-refractivity contribution in [3.05, 3.63) is 125 Å². The van der Waals surface area contributed by atoms with Crippen molar-refractivity contribution in [2.45, 2.75) is 44.2 Å². The van der Waals surface area contributed by atoms with Crippen LogP contribution in [0.4, 0.5) is 10.1 Å². The van der Waals surface area contributed by atoms with Crippen molar-refractivity contribution >= 4 is 39.1 Å². The number of halogens is 2. The molecule has 2 amide bonds. The Morgan fingerprint density at radius 2 is 1.54 bits per heavy atom. The van der Waals surface area contributed by atoms with Gasteiger partial charge in [0.15, 0.2) is 0 Å². The Balaban J connectivity index is 1.80. The number of rotatable bonds is 15. The summed E-state index contributed by atoms with van der Waals surface area (Å²) in [5.74, 6) is -1.14. The van der Waals surface area contributed by atoms with Crippen LogP contribution >= 0.6 is 11.6 Å². The number of ether oxygens (including phenoxy) is 1. The maximum Gasteiger partial charge on any atom is 0.264 e. The van der Waals surface area contributed by atoms with Crippen molar-refractivity contribution in [3.63, 3.8) is 0 Å². The number of hydrogen-bond acceptors (Lipinski definition) is 5. The molecule has 0 unspecified atom stereocenters. The topological polar surface area (TPSA) is 96.0 Å². The van der Waals surface area contributed by atoms with Gasteiger partial charge in [-0.25, -0.2) is 12.8 Å². The average Bonchev–Trinajstić information content (AvgIpc) is 3.06. The van der Waals surface area contributed by atoms with E-state index in [4.69, 9.17) is 16.3 Å². The van der Waals surface area contributed by atoms with Gasteiger partial charge in [0.05, 0.1) is 17.2 Å². The summed E-state index contributed by atoms with van der Waals surface area (Å²) >= 11 is 6.04. The zero-order valence-corrected chi connectivity index (χ0v) is 27.3. The number of carbonyl (C=O) groups excluding carboxylic acids is 2. The zero-order chi connectivity index (χ0) is 33.1. The molecule has 0 bridgehead atoms. The van der Waals surface area contributed by atoms with Gasteiger partial charge >= 0.3 is 0 Å². The van der Waals surface area contributed by atoms with E-state index in [9.17, 15) is 18.0 Å². The maximum absolute atomic E-state index is 15.0. The number of nitrogens with one attached hydrogen (secondary N) is 1. The summed E-state index contributed by atoms with van der Waals surface area (Å²) in [5.41, 5.74) is 1.17. The summed E-state index contributed by atoms with van der Waals surface area (Å²) in [6, 6.07) is 26.0. The molecule has 0 aliphatic rings. The van der Waals surface area contributed by atoms with Crippen LogP contribution in [0.25, 0.3) is 0 Å². The SMILES string of the molecule is CCCNC(=O)[C@H](Cc1ccccc1)N(Cc1ccccc1F)C(=O)CN(c1ccc(OCC)cc1)S(=O)(=O)c1ccc(Cl)cc1. The predicted molar refractivity (Wildman–Crippen MR) is 178 cm³/mol. The van der Waals surface area contributed by atoms with Crippen molar-refractivity contribution < 1.29 is 27.1 Å². The number of anilines is 1. The lowest BCUT2D eigenvalue weighted by Crippen LogP contribution is -2.53. The van der Waals surface area contributed by atoms with Crippen LogP contribution in [0.1, 0.15) is 31.4 Å². The molecule has 0 radical (unpaired) electrons. The highest BCUT2D eigenvalue weighted by molar-refractivity contribution is 7.92. The fourth-order valence-electron chi connectivity index (χ4n) is 4.87. The molecule has 4 rings (SSSR count). The summed E-state index contributed by atoms with van der Waals surface area (Å²) in [4.78, 5) is 29.3. The smallest absolute Gasteiger partial charge is 0.264 e. The summed E-state index contributed by atoms with van der Waals surface area (Å²) in [5, 5.41) is 3.22. The van der Waals surface area contributed by atoms with Crippen LogP contribution in [0.15, 0.2) is 108 Å². The molecule has 0 heterocycles. The lowest BCUT2D eigenvalue weighted by Gasteiger charge is -2.34. The Labute approximate surface area is 274 Å². The van der Waals surface area contributed by atoms with Gasteiger partial charge in [-0.1, -0.05) is 67.1 Å². The van der Waals surface area contributed by atoms with E-state index in [0.29, 0.717) is 30.3 Å². The van der Waals surface area contributed by atoms with Gasteiger partial charge < -0.3 is 15.0 Å². The first-order chi connectivity index (χ1) is 22.1. The molecule has 4 aromatic rings. The molecule has 1 atom stereocenters. The molecule has 0 saturated heterocycles. The van der Waals surface area contributed by atoms with E-state index in [1.165, 1.54) is 47.4 Å². The van der Waals surface area contributed by atoms with Crippen LogP contribution in [0.3, 0.4) is 0 Å². The minimum absolute atomic E-state index is 0.0826. The molecule has 242 valence electrons. The number of carbonyl (C=O) groups is 2. The summed E-state index contributed by atoms with van der Waals surface area (Å²) < 4.78 is 49.7. The van der Waals surface area contributed by atoms with Crippen molar-refractivity contribution in [1.29, 1.82) is 0 Å². The largest absolute Gasteiger partial charge is 0.494 e. The summed E-state index contributed by atoms with van der Waals surface area (Å²) in [6.07, 6.45) is 0.791. The molecule has 0 aliphatic heterocycles. The molecule has 4 aromatic carbocycles. The minimum atomic E-state index is -4.31. The molecule has 0 spiro atoms. The van der Waals surface area contributed by atoms with Gasteiger partial charge in [-0.3, -0.25) is 13.9 Å². The van der Waals surface area contributed by atoms with Gasteiger partial charge in [0, 0.05) is 30.1 Å². The first-order valence-electron chi connectivity index (χ1n) is 15.0. The summed E-state index contributed by atoms with van der Waals surface area (Å²) in [6.45, 7) is 3.59. The molecule has 0 aromatic heterocycles. The lowest BCUT2D eigenvalue weighted by atomic mass is 10.0. The third-order valence-electron chi connectivity index (χ3n) is 7.24.